The van der Waals surface area contributed by atoms with E-state index in [1.165, 1.54) is 17.4 Å². The number of hydrogen-bond acceptors (Lipinski definition) is 7. The van der Waals surface area contributed by atoms with Gasteiger partial charge in [-0.15, -0.1) is 22.7 Å². The van der Waals surface area contributed by atoms with E-state index >= 15 is 0 Å². The molecule has 1 N–H and O–H groups in total. The van der Waals surface area contributed by atoms with E-state index in [9.17, 15) is 14.9 Å². The summed E-state index contributed by atoms with van der Waals surface area (Å²) < 4.78 is -0.00444. The Hall–Kier alpha value is -1.55. The average Bonchev–Trinajstić information content (AvgIpc) is 3.01. The SMILES string of the molecule is CN1CCc2nc(NC(=O)c3cc([N+](=O)[O-])c(Cl)s3)sc2C1. The van der Waals surface area contributed by atoms with Gasteiger partial charge in [0.05, 0.1) is 10.6 Å². The van der Waals surface area contributed by atoms with E-state index in [1.807, 2.05) is 7.05 Å². The Kier molecular flexibility index (Phi) is 4.13. The predicted octanol–water partition coefficient (Wildman–Crippen LogP) is 3.01. The molecule has 0 fully saturated rings. The number of carbonyl (C=O) groups is 1. The van der Waals surface area contributed by atoms with Crippen molar-refractivity contribution in [3.05, 3.63) is 36.0 Å². The fourth-order valence-corrected chi connectivity index (χ4v) is 4.33. The van der Waals surface area contributed by atoms with Gasteiger partial charge in [0, 0.05) is 30.5 Å². The zero-order valence-corrected chi connectivity index (χ0v) is 13.8. The lowest BCUT2D eigenvalue weighted by Crippen LogP contribution is -2.25. The van der Waals surface area contributed by atoms with Crippen LogP contribution in [0.3, 0.4) is 0 Å². The van der Waals surface area contributed by atoms with Gasteiger partial charge in [-0.2, -0.15) is 0 Å². The van der Waals surface area contributed by atoms with Gasteiger partial charge < -0.3 is 4.90 Å². The Morgan fingerprint density at radius 3 is 3.00 bits per heavy atom. The Morgan fingerprint density at radius 1 is 1.55 bits per heavy atom. The molecule has 0 radical (unpaired) electrons. The third kappa shape index (κ3) is 2.98. The van der Waals surface area contributed by atoms with Crippen LogP contribution in [0.15, 0.2) is 6.07 Å². The summed E-state index contributed by atoms with van der Waals surface area (Å²) in [6.07, 6.45) is 0.856. The van der Waals surface area contributed by atoms with E-state index in [1.54, 1.807) is 0 Å². The van der Waals surface area contributed by atoms with Crippen LogP contribution in [0.4, 0.5) is 10.8 Å². The molecule has 7 nitrogen and oxygen atoms in total. The molecule has 0 aromatic carbocycles. The number of hydrogen-bond donors (Lipinski definition) is 1. The Labute approximate surface area is 138 Å². The molecule has 0 spiro atoms. The van der Waals surface area contributed by atoms with Gasteiger partial charge in [-0.05, 0) is 7.05 Å². The highest BCUT2D eigenvalue weighted by Gasteiger charge is 2.23. The smallest absolute Gasteiger partial charge is 0.299 e. The Bertz CT molecular complexity index is 758. The fourth-order valence-electron chi connectivity index (χ4n) is 2.13. The number of halogens is 1. The first-order valence-electron chi connectivity index (χ1n) is 6.36. The number of likely N-dealkylation sites (N-methyl/N-ethyl adjacent to an activating group) is 1. The second-order valence-electron chi connectivity index (χ2n) is 4.86. The van der Waals surface area contributed by atoms with Crippen LogP contribution >= 0.6 is 34.3 Å². The maximum atomic E-state index is 12.2. The van der Waals surface area contributed by atoms with E-state index in [-0.39, 0.29) is 14.9 Å². The van der Waals surface area contributed by atoms with Crippen LogP contribution in [0.2, 0.25) is 4.34 Å². The third-order valence-corrected chi connectivity index (χ3v) is 5.57. The van der Waals surface area contributed by atoms with E-state index in [0.717, 1.165) is 41.4 Å². The van der Waals surface area contributed by atoms with Crippen LogP contribution < -0.4 is 5.32 Å². The third-order valence-electron chi connectivity index (χ3n) is 3.23. The largest absolute Gasteiger partial charge is 0.301 e. The van der Waals surface area contributed by atoms with Crippen molar-refractivity contribution in [2.24, 2.45) is 0 Å². The number of nitro groups is 1. The summed E-state index contributed by atoms with van der Waals surface area (Å²) in [5, 5.41) is 14.0. The molecule has 0 bridgehead atoms. The topological polar surface area (TPSA) is 88.4 Å². The molecule has 2 aromatic rings. The number of thiazole rings is 1. The van der Waals surface area contributed by atoms with Crippen LogP contribution in [0.1, 0.15) is 20.2 Å². The minimum absolute atomic E-state index is 0.00444. The summed E-state index contributed by atoms with van der Waals surface area (Å²) in [5.74, 6) is -0.431. The van der Waals surface area contributed by atoms with Gasteiger partial charge in [0.25, 0.3) is 11.6 Å². The molecule has 1 aliphatic rings. The molecular weight excluding hydrogens is 348 g/mol. The van der Waals surface area contributed by atoms with Crippen LogP contribution in [0.5, 0.6) is 0 Å². The molecule has 0 unspecified atom stereocenters. The fraction of sp³-hybridized carbons (Fsp3) is 0.333. The quantitative estimate of drug-likeness (QED) is 0.673. The second kappa shape index (κ2) is 5.92. The number of nitrogens with zero attached hydrogens (tertiary/aromatic N) is 3. The van der Waals surface area contributed by atoms with E-state index in [4.69, 9.17) is 11.6 Å². The number of carbonyl (C=O) groups excluding carboxylic acids is 1. The van der Waals surface area contributed by atoms with Crippen LogP contribution in [-0.2, 0) is 13.0 Å². The molecule has 3 heterocycles. The molecule has 22 heavy (non-hydrogen) atoms. The Balaban J connectivity index is 1.77. The minimum atomic E-state index is -0.604. The molecule has 0 atom stereocenters. The molecule has 2 aromatic heterocycles. The van der Waals surface area contributed by atoms with Crippen molar-refractivity contribution in [1.82, 2.24) is 9.88 Å². The van der Waals surface area contributed by atoms with Gasteiger partial charge in [-0.1, -0.05) is 11.6 Å². The van der Waals surface area contributed by atoms with Gasteiger partial charge in [0.15, 0.2) is 9.47 Å². The van der Waals surface area contributed by atoms with Crippen LogP contribution in [-0.4, -0.2) is 34.3 Å². The standard InChI is InChI=1S/C12H11ClN4O3S2/c1-16-3-2-6-9(5-16)22-12(14-6)15-11(18)8-4-7(17(19)20)10(13)21-8/h4H,2-3,5H2,1H3,(H,14,15,18). The zero-order valence-electron chi connectivity index (χ0n) is 11.5. The minimum Gasteiger partial charge on any atom is -0.301 e. The lowest BCUT2D eigenvalue weighted by atomic mass is 10.2. The summed E-state index contributed by atoms with van der Waals surface area (Å²) >= 11 is 8.08. The number of anilines is 1. The van der Waals surface area contributed by atoms with Crippen molar-refractivity contribution < 1.29 is 9.72 Å². The highest BCUT2D eigenvalue weighted by atomic mass is 35.5. The average molecular weight is 359 g/mol. The summed E-state index contributed by atoms with van der Waals surface area (Å²) in [6.45, 7) is 1.76. The summed E-state index contributed by atoms with van der Waals surface area (Å²) in [4.78, 5) is 30.2. The monoisotopic (exact) mass is 358 g/mol. The summed E-state index contributed by atoms with van der Waals surface area (Å²) in [7, 11) is 2.04. The van der Waals surface area contributed by atoms with Crippen LogP contribution in [0, 0.1) is 10.1 Å². The summed E-state index contributed by atoms with van der Waals surface area (Å²) in [6, 6.07) is 1.18. The molecule has 1 amide bonds. The lowest BCUT2D eigenvalue weighted by molar-refractivity contribution is -0.384. The van der Waals surface area contributed by atoms with Crippen molar-refractivity contribution in [1.29, 1.82) is 0 Å². The second-order valence-corrected chi connectivity index (χ2v) is 7.60. The first-order chi connectivity index (χ1) is 10.4. The Morgan fingerprint density at radius 2 is 2.32 bits per heavy atom. The zero-order chi connectivity index (χ0) is 15.9. The van der Waals surface area contributed by atoms with Crippen LogP contribution in [0.25, 0.3) is 0 Å². The van der Waals surface area contributed by atoms with Gasteiger partial charge in [-0.25, -0.2) is 4.98 Å². The number of aromatic nitrogens is 1. The summed E-state index contributed by atoms with van der Waals surface area (Å²) in [5.41, 5.74) is 0.755. The predicted molar refractivity (Wildman–Crippen MR) is 86.1 cm³/mol. The van der Waals surface area contributed by atoms with Crippen molar-refractivity contribution in [2.45, 2.75) is 13.0 Å². The molecule has 0 aliphatic carbocycles. The number of thiophene rings is 1. The van der Waals surface area contributed by atoms with E-state index in [0.29, 0.717) is 5.13 Å². The van der Waals surface area contributed by atoms with E-state index in [2.05, 4.69) is 15.2 Å². The molecular formula is C12H11ClN4O3S2. The molecule has 10 heteroatoms. The highest BCUT2D eigenvalue weighted by molar-refractivity contribution is 7.19. The maximum Gasteiger partial charge on any atom is 0.299 e. The molecule has 116 valence electrons. The van der Waals surface area contributed by atoms with Crippen molar-refractivity contribution >= 4 is 51.0 Å². The number of fused-ring (bicyclic) bond motifs is 1. The van der Waals surface area contributed by atoms with Crippen molar-refractivity contribution in [3.63, 3.8) is 0 Å². The van der Waals surface area contributed by atoms with Crippen molar-refractivity contribution in [3.8, 4) is 0 Å². The molecule has 0 saturated heterocycles. The number of amides is 1. The van der Waals surface area contributed by atoms with Gasteiger partial charge in [-0.3, -0.25) is 20.2 Å². The van der Waals surface area contributed by atoms with Gasteiger partial charge >= 0.3 is 0 Å². The maximum absolute atomic E-state index is 12.2. The van der Waals surface area contributed by atoms with Gasteiger partial charge in [0.2, 0.25) is 0 Å². The highest BCUT2D eigenvalue weighted by Crippen LogP contribution is 2.34. The normalized spacial score (nSPS) is 14.6. The molecule has 3 rings (SSSR count). The van der Waals surface area contributed by atoms with Crippen molar-refractivity contribution in [2.75, 3.05) is 18.9 Å². The molecule has 1 aliphatic heterocycles. The van der Waals surface area contributed by atoms with E-state index < -0.39 is 10.8 Å². The lowest BCUT2D eigenvalue weighted by Gasteiger charge is -2.20. The first-order valence-corrected chi connectivity index (χ1v) is 8.37. The first kappa shape index (κ1) is 15.3. The molecule has 0 saturated carbocycles. The number of rotatable bonds is 3. The van der Waals surface area contributed by atoms with Gasteiger partial charge in [0.1, 0.15) is 4.88 Å². The number of nitrogens with one attached hydrogen (secondary N) is 1.